The van der Waals surface area contributed by atoms with E-state index in [2.05, 4.69) is 15.3 Å². The molecule has 1 amide bonds. The van der Waals surface area contributed by atoms with Gasteiger partial charge in [-0.15, -0.1) is 11.3 Å². The Bertz CT molecular complexity index is 1550. The molecule has 0 aliphatic rings. The van der Waals surface area contributed by atoms with Crippen LogP contribution in [0.15, 0.2) is 85.3 Å². The van der Waals surface area contributed by atoms with Crippen molar-refractivity contribution in [1.82, 2.24) is 19.9 Å². The molecule has 0 unspecified atom stereocenters. The monoisotopic (exact) mass is 529 g/mol. The van der Waals surface area contributed by atoms with Crippen LogP contribution in [-0.2, 0) is 23.1 Å². The van der Waals surface area contributed by atoms with Crippen molar-refractivity contribution in [3.05, 3.63) is 90.9 Å². The number of fused-ring (bicyclic) bond motifs is 1. The van der Waals surface area contributed by atoms with Crippen LogP contribution in [0.5, 0.6) is 11.5 Å². The fourth-order valence-electron chi connectivity index (χ4n) is 3.79. The number of ether oxygens (including phenoxy) is 1. The average Bonchev–Trinajstić information content (AvgIpc) is 3.52. The van der Waals surface area contributed by atoms with Crippen LogP contribution in [0.4, 0.5) is 5.69 Å². The molecule has 3 heterocycles. The Kier molecular flexibility index (Phi) is 7.22. The van der Waals surface area contributed by atoms with Crippen molar-refractivity contribution in [2.45, 2.75) is 6.42 Å². The van der Waals surface area contributed by atoms with E-state index < -0.39 is 0 Å². The zero-order valence-electron chi connectivity index (χ0n) is 20.1. The highest BCUT2D eigenvalue weighted by Gasteiger charge is 2.16. The second kappa shape index (κ2) is 10.9. The summed E-state index contributed by atoms with van der Waals surface area (Å²) in [5.41, 5.74) is 2.39. The summed E-state index contributed by atoms with van der Waals surface area (Å²) in [5, 5.41) is 4.25. The molecule has 0 bridgehead atoms. The molecular formula is C27H23N5O3S2. The molecule has 0 saturated carbocycles. The number of pyridine rings is 1. The van der Waals surface area contributed by atoms with Gasteiger partial charge >= 0.3 is 0 Å². The van der Waals surface area contributed by atoms with E-state index in [1.807, 2.05) is 72.4 Å². The second-order valence-electron chi connectivity index (χ2n) is 8.08. The van der Waals surface area contributed by atoms with Gasteiger partial charge in [0.25, 0.3) is 0 Å². The van der Waals surface area contributed by atoms with E-state index in [0.29, 0.717) is 17.2 Å². The highest BCUT2D eigenvalue weighted by Crippen LogP contribution is 2.38. The molecule has 5 rings (SSSR count). The zero-order chi connectivity index (χ0) is 25.8. The van der Waals surface area contributed by atoms with Crippen LogP contribution in [0.1, 0.15) is 5.56 Å². The molecule has 10 heteroatoms. The van der Waals surface area contributed by atoms with Crippen LogP contribution in [0.25, 0.3) is 20.9 Å². The van der Waals surface area contributed by atoms with Crippen LogP contribution < -0.4 is 15.1 Å². The van der Waals surface area contributed by atoms with Gasteiger partial charge < -0.3 is 14.6 Å². The molecule has 0 aliphatic carbocycles. The zero-order valence-corrected chi connectivity index (χ0v) is 21.8. The Morgan fingerprint density at radius 3 is 2.57 bits per heavy atom. The van der Waals surface area contributed by atoms with Gasteiger partial charge in [-0.3, -0.25) is 14.6 Å². The van der Waals surface area contributed by atoms with Crippen LogP contribution in [0, 0.1) is 0 Å². The molecule has 8 nitrogen and oxygen atoms in total. The van der Waals surface area contributed by atoms with Gasteiger partial charge in [-0.1, -0.05) is 30.3 Å². The number of nitrogens with zero attached hydrogens (tertiary/aromatic N) is 4. The van der Waals surface area contributed by atoms with Gasteiger partial charge in [0.2, 0.25) is 11.0 Å². The molecule has 0 saturated heterocycles. The standard InChI is InChI=1S/C27H23N5O3S2/c1-31-15-14-29-26(31)23-17-21-25(37-23)22(12-13-28-21)35-20-10-8-19(9-11-20)32(34-2)27(36)30-24(33)16-18-6-4-3-5-7-18/h3-15,17H,16H2,1-2H3,(H,30,33,36). The van der Waals surface area contributed by atoms with Crippen LogP contribution in [0.2, 0.25) is 0 Å². The Balaban J connectivity index is 1.29. The fourth-order valence-corrected chi connectivity index (χ4v) is 5.18. The second-order valence-corrected chi connectivity index (χ2v) is 9.52. The summed E-state index contributed by atoms with van der Waals surface area (Å²) in [5.74, 6) is 2.00. The summed E-state index contributed by atoms with van der Waals surface area (Å²) in [4.78, 5) is 27.8. The summed E-state index contributed by atoms with van der Waals surface area (Å²) >= 11 is 6.99. The van der Waals surface area contributed by atoms with Crippen LogP contribution in [0.3, 0.4) is 0 Å². The van der Waals surface area contributed by atoms with Gasteiger partial charge in [-0.25, -0.2) is 4.98 Å². The maximum absolute atomic E-state index is 12.4. The van der Waals surface area contributed by atoms with Gasteiger partial charge in [-0.2, -0.15) is 5.06 Å². The number of aryl methyl sites for hydroxylation is 1. The van der Waals surface area contributed by atoms with Crippen molar-refractivity contribution in [3.63, 3.8) is 0 Å². The van der Waals surface area contributed by atoms with E-state index >= 15 is 0 Å². The number of hydroxylamine groups is 1. The fraction of sp³-hybridized carbons (Fsp3) is 0.111. The van der Waals surface area contributed by atoms with Crippen LogP contribution >= 0.6 is 23.6 Å². The third-order valence-electron chi connectivity index (χ3n) is 5.54. The smallest absolute Gasteiger partial charge is 0.230 e. The van der Waals surface area contributed by atoms with Crippen molar-refractivity contribution in [1.29, 1.82) is 0 Å². The Hall–Kier alpha value is -4.12. The molecular weight excluding hydrogens is 506 g/mol. The highest BCUT2D eigenvalue weighted by atomic mass is 32.1. The number of imidazole rings is 1. The number of aromatic nitrogens is 3. The predicted octanol–water partition coefficient (Wildman–Crippen LogP) is 5.50. The molecule has 0 fully saturated rings. The third kappa shape index (κ3) is 5.51. The molecule has 1 N–H and O–H groups in total. The normalized spacial score (nSPS) is 10.9. The van der Waals surface area contributed by atoms with Crippen molar-refractivity contribution in [2.24, 2.45) is 7.05 Å². The number of thiocarbonyl (C=S) groups is 1. The molecule has 0 radical (unpaired) electrons. The van der Waals surface area contributed by atoms with Gasteiger partial charge in [-0.05, 0) is 48.1 Å². The Labute approximate surface area is 223 Å². The number of anilines is 1. The van der Waals surface area contributed by atoms with Gasteiger partial charge in [0.1, 0.15) is 17.3 Å². The lowest BCUT2D eigenvalue weighted by molar-refractivity contribution is -0.119. The predicted molar refractivity (Wildman–Crippen MR) is 149 cm³/mol. The average molecular weight is 530 g/mol. The summed E-state index contributed by atoms with van der Waals surface area (Å²) in [6, 6.07) is 20.6. The maximum Gasteiger partial charge on any atom is 0.230 e. The lowest BCUT2D eigenvalue weighted by atomic mass is 10.1. The molecule has 0 atom stereocenters. The number of hydrogen-bond acceptors (Lipinski definition) is 7. The van der Waals surface area contributed by atoms with Gasteiger partial charge in [0, 0.05) is 31.7 Å². The molecule has 37 heavy (non-hydrogen) atoms. The van der Waals surface area contributed by atoms with Crippen molar-refractivity contribution in [2.75, 3.05) is 12.2 Å². The number of carbonyl (C=O) groups is 1. The minimum atomic E-state index is -0.222. The maximum atomic E-state index is 12.4. The van der Waals surface area contributed by atoms with Crippen LogP contribution in [-0.4, -0.2) is 32.7 Å². The quantitative estimate of drug-likeness (QED) is 0.220. The number of nitrogens with one attached hydrogen (secondary N) is 1. The Morgan fingerprint density at radius 1 is 1.08 bits per heavy atom. The van der Waals surface area contributed by atoms with Crippen molar-refractivity contribution in [3.8, 4) is 22.2 Å². The summed E-state index contributed by atoms with van der Waals surface area (Å²) < 4.78 is 9.10. The van der Waals surface area contributed by atoms with Gasteiger partial charge in [0.05, 0.1) is 34.3 Å². The topological polar surface area (TPSA) is 81.5 Å². The summed E-state index contributed by atoms with van der Waals surface area (Å²) in [7, 11) is 3.45. The SMILES string of the molecule is CON(C(=S)NC(=O)Cc1ccccc1)c1ccc(Oc2ccnc3cc(-c4nccn4C)sc23)cc1. The first-order chi connectivity index (χ1) is 18.0. The Morgan fingerprint density at radius 2 is 1.86 bits per heavy atom. The highest BCUT2D eigenvalue weighted by molar-refractivity contribution is 7.80. The molecule has 0 aliphatic heterocycles. The first-order valence-corrected chi connectivity index (χ1v) is 12.6. The van der Waals surface area contributed by atoms with E-state index in [0.717, 1.165) is 26.5 Å². The number of amides is 1. The van der Waals surface area contributed by atoms with E-state index in [1.54, 1.807) is 35.9 Å². The first-order valence-electron chi connectivity index (χ1n) is 11.4. The summed E-state index contributed by atoms with van der Waals surface area (Å²) in [6.07, 6.45) is 5.63. The number of carbonyl (C=O) groups excluding carboxylic acids is 1. The molecule has 186 valence electrons. The number of hydrogen-bond donors (Lipinski definition) is 1. The molecule has 2 aromatic carbocycles. The van der Waals surface area contributed by atoms with Crippen molar-refractivity contribution >= 4 is 50.5 Å². The van der Waals surface area contributed by atoms with E-state index in [9.17, 15) is 4.79 Å². The molecule has 5 aromatic rings. The summed E-state index contributed by atoms with van der Waals surface area (Å²) in [6.45, 7) is 0. The lowest BCUT2D eigenvalue weighted by Crippen LogP contribution is -2.42. The number of thiophene rings is 1. The molecule has 0 spiro atoms. The third-order valence-corrected chi connectivity index (χ3v) is 6.94. The van der Waals surface area contributed by atoms with Gasteiger partial charge in [0.15, 0.2) is 0 Å². The first kappa shape index (κ1) is 24.6. The lowest BCUT2D eigenvalue weighted by Gasteiger charge is -2.22. The van der Waals surface area contributed by atoms with E-state index in [4.69, 9.17) is 21.8 Å². The molecule has 3 aromatic heterocycles. The van der Waals surface area contributed by atoms with E-state index in [1.165, 1.54) is 12.2 Å². The number of benzene rings is 2. The van der Waals surface area contributed by atoms with E-state index in [-0.39, 0.29) is 17.4 Å². The minimum absolute atomic E-state index is 0.147. The minimum Gasteiger partial charge on any atom is -0.456 e. The number of rotatable bonds is 7. The largest absolute Gasteiger partial charge is 0.456 e. The van der Waals surface area contributed by atoms with Crippen molar-refractivity contribution < 1.29 is 14.4 Å².